The minimum atomic E-state index is 1.23. The monoisotopic (exact) mass is 161 g/mol. The van der Waals surface area contributed by atoms with Gasteiger partial charge in [0.05, 0.1) is 10.4 Å². The Morgan fingerprint density at radius 3 is 2.55 bits per heavy atom. The van der Waals surface area contributed by atoms with Crippen LogP contribution >= 0.6 is 11.3 Å². The van der Waals surface area contributed by atoms with Gasteiger partial charge < -0.3 is 0 Å². The zero-order valence-electron chi connectivity index (χ0n) is 5.90. The van der Waals surface area contributed by atoms with Crippen LogP contribution < -0.4 is 0 Å². The zero-order chi connectivity index (χ0) is 7.52. The van der Waals surface area contributed by atoms with Gasteiger partial charge in [-0.1, -0.05) is 30.3 Å². The Morgan fingerprint density at radius 1 is 1.09 bits per heavy atom. The summed E-state index contributed by atoms with van der Waals surface area (Å²) in [5.41, 5.74) is 3.09. The summed E-state index contributed by atoms with van der Waals surface area (Å²) in [6, 6.07) is 10.3. The Hall–Kier alpha value is -1.15. The topological polar surface area (TPSA) is 12.9 Å². The lowest BCUT2D eigenvalue weighted by Crippen LogP contribution is -1.67. The molecule has 0 N–H and O–H groups in total. The molecule has 0 atom stereocenters. The van der Waals surface area contributed by atoms with E-state index in [-0.39, 0.29) is 0 Å². The Bertz CT molecular complexity index is 313. The Morgan fingerprint density at radius 2 is 1.91 bits per heavy atom. The first-order valence-electron chi connectivity index (χ1n) is 3.41. The first-order chi connectivity index (χ1) is 5.47. The van der Waals surface area contributed by atoms with Gasteiger partial charge in [0.2, 0.25) is 0 Å². The van der Waals surface area contributed by atoms with Gasteiger partial charge in [-0.15, -0.1) is 11.3 Å². The first kappa shape index (κ1) is 6.55. The second-order valence-corrected chi connectivity index (χ2v) is 3.12. The summed E-state index contributed by atoms with van der Waals surface area (Å²) in [7, 11) is 0. The van der Waals surface area contributed by atoms with E-state index in [4.69, 9.17) is 0 Å². The largest absolute Gasteiger partial charge is 0.252 e. The van der Waals surface area contributed by atoms with Crippen LogP contribution in [0.4, 0.5) is 0 Å². The molecule has 1 aromatic carbocycles. The lowest BCUT2D eigenvalue weighted by molar-refractivity contribution is 1.42. The average molecular weight is 161 g/mol. The Balaban J connectivity index is 2.46. The lowest BCUT2D eigenvalue weighted by Gasteiger charge is -1.92. The van der Waals surface area contributed by atoms with Gasteiger partial charge in [-0.3, -0.25) is 4.98 Å². The lowest BCUT2D eigenvalue weighted by atomic mass is 10.2. The van der Waals surface area contributed by atoms with Crippen molar-refractivity contribution in [2.75, 3.05) is 0 Å². The Labute approximate surface area is 69.3 Å². The van der Waals surface area contributed by atoms with Gasteiger partial charge in [-0.05, 0) is 5.56 Å². The van der Waals surface area contributed by atoms with Crippen LogP contribution in [0.15, 0.2) is 42.0 Å². The van der Waals surface area contributed by atoms with E-state index in [1.165, 1.54) is 10.4 Å². The SMILES string of the molecule is c1ccc(-c2cncs2)cc1. The normalized spacial score (nSPS) is 9.82. The van der Waals surface area contributed by atoms with Crippen molar-refractivity contribution in [1.29, 1.82) is 0 Å². The minimum Gasteiger partial charge on any atom is -0.252 e. The highest BCUT2D eigenvalue weighted by Crippen LogP contribution is 2.21. The van der Waals surface area contributed by atoms with Crippen molar-refractivity contribution in [2.24, 2.45) is 0 Å². The van der Waals surface area contributed by atoms with Crippen molar-refractivity contribution in [3.63, 3.8) is 0 Å². The molecule has 0 amide bonds. The van der Waals surface area contributed by atoms with Gasteiger partial charge in [-0.25, -0.2) is 0 Å². The van der Waals surface area contributed by atoms with E-state index in [9.17, 15) is 0 Å². The minimum absolute atomic E-state index is 1.23. The molecule has 0 radical (unpaired) electrons. The highest BCUT2D eigenvalue weighted by molar-refractivity contribution is 7.13. The summed E-state index contributed by atoms with van der Waals surface area (Å²) in [4.78, 5) is 5.24. The smallest absolute Gasteiger partial charge is 0.0797 e. The molecule has 0 aliphatic carbocycles. The third-order valence-electron chi connectivity index (χ3n) is 1.49. The van der Waals surface area contributed by atoms with E-state index in [1.54, 1.807) is 11.3 Å². The highest BCUT2D eigenvalue weighted by atomic mass is 32.1. The molecule has 11 heavy (non-hydrogen) atoms. The number of nitrogens with zero attached hydrogens (tertiary/aromatic N) is 1. The van der Waals surface area contributed by atoms with Gasteiger partial charge in [0, 0.05) is 6.20 Å². The van der Waals surface area contributed by atoms with Crippen LogP contribution in [0.5, 0.6) is 0 Å². The predicted octanol–water partition coefficient (Wildman–Crippen LogP) is 2.81. The molecular formula is C9H7NS. The zero-order valence-corrected chi connectivity index (χ0v) is 6.71. The summed E-state index contributed by atoms with van der Waals surface area (Å²) in [6.45, 7) is 0. The van der Waals surface area contributed by atoms with Crippen LogP contribution in [-0.2, 0) is 0 Å². The van der Waals surface area contributed by atoms with Gasteiger partial charge in [0.15, 0.2) is 0 Å². The number of aromatic nitrogens is 1. The molecule has 2 aromatic rings. The van der Waals surface area contributed by atoms with E-state index < -0.39 is 0 Å². The van der Waals surface area contributed by atoms with E-state index in [1.807, 2.05) is 29.9 Å². The van der Waals surface area contributed by atoms with Gasteiger partial charge >= 0.3 is 0 Å². The van der Waals surface area contributed by atoms with Crippen molar-refractivity contribution >= 4 is 11.3 Å². The third-order valence-corrected chi connectivity index (χ3v) is 2.31. The van der Waals surface area contributed by atoms with Crippen LogP contribution in [-0.4, -0.2) is 4.98 Å². The van der Waals surface area contributed by atoms with Crippen LogP contribution in [0, 0.1) is 0 Å². The van der Waals surface area contributed by atoms with E-state index in [0.717, 1.165) is 0 Å². The molecule has 0 saturated heterocycles. The number of hydrogen-bond donors (Lipinski definition) is 0. The molecule has 0 unspecified atom stereocenters. The maximum absolute atomic E-state index is 4.02. The molecule has 54 valence electrons. The standard InChI is InChI=1S/C9H7NS/c1-2-4-8(5-3-1)9-6-10-7-11-9/h1-7H. The second kappa shape index (κ2) is 2.84. The molecule has 1 heterocycles. The molecule has 0 fully saturated rings. The molecule has 2 rings (SSSR count). The molecule has 0 spiro atoms. The number of benzene rings is 1. The van der Waals surface area contributed by atoms with Gasteiger partial charge in [-0.2, -0.15) is 0 Å². The van der Waals surface area contributed by atoms with Crippen molar-refractivity contribution < 1.29 is 0 Å². The van der Waals surface area contributed by atoms with E-state index in [0.29, 0.717) is 0 Å². The highest BCUT2D eigenvalue weighted by Gasteiger charge is 1.95. The molecule has 0 bridgehead atoms. The maximum atomic E-state index is 4.02. The van der Waals surface area contributed by atoms with Crippen LogP contribution in [0.1, 0.15) is 0 Å². The fourth-order valence-corrected chi connectivity index (χ4v) is 1.59. The quantitative estimate of drug-likeness (QED) is 0.626. The maximum Gasteiger partial charge on any atom is 0.0797 e. The summed E-state index contributed by atoms with van der Waals surface area (Å²) in [5, 5.41) is 0. The van der Waals surface area contributed by atoms with Gasteiger partial charge in [0.1, 0.15) is 0 Å². The van der Waals surface area contributed by atoms with E-state index in [2.05, 4.69) is 17.1 Å². The van der Waals surface area contributed by atoms with Crippen LogP contribution in [0.3, 0.4) is 0 Å². The van der Waals surface area contributed by atoms with E-state index >= 15 is 0 Å². The summed E-state index contributed by atoms with van der Waals surface area (Å²) < 4.78 is 0. The first-order valence-corrected chi connectivity index (χ1v) is 4.29. The fraction of sp³-hybridized carbons (Fsp3) is 0. The fourth-order valence-electron chi connectivity index (χ4n) is 0.961. The molecule has 0 aliphatic rings. The number of rotatable bonds is 1. The number of hydrogen-bond acceptors (Lipinski definition) is 2. The van der Waals surface area contributed by atoms with Crippen LogP contribution in [0.2, 0.25) is 0 Å². The van der Waals surface area contributed by atoms with Crippen molar-refractivity contribution in [1.82, 2.24) is 4.98 Å². The van der Waals surface area contributed by atoms with Gasteiger partial charge in [0.25, 0.3) is 0 Å². The molecule has 1 nitrogen and oxygen atoms in total. The van der Waals surface area contributed by atoms with Crippen molar-refractivity contribution in [2.45, 2.75) is 0 Å². The summed E-state index contributed by atoms with van der Waals surface area (Å²) in [6.07, 6.45) is 1.89. The summed E-state index contributed by atoms with van der Waals surface area (Å²) in [5.74, 6) is 0. The summed E-state index contributed by atoms with van der Waals surface area (Å²) >= 11 is 1.66. The molecule has 2 heteroatoms. The molecule has 1 aromatic heterocycles. The third kappa shape index (κ3) is 1.30. The average Bonchev–Trinajstić information content (AvgIpc) is 2.58. The second-order valence-electron chi connectivity index (χ2n) is 2.23. The van der Waals surface area contributed by atoms with Crippen molar-refractivity contribution in [3.8, 4) is 10.4 Å². The Kier molecular flexibility index (Phi) is 1.69. The molecule has 0 aliphatic heterocycles. The molecular weight excluding hydrogens is 154 g/mol. The molecule has 0 saturated carbocycles. The van der Waals surface area contributed by atoms with Crippen molar-refractivity contribution in [3.05, 3.63) is 42.0 Å². The van der Waals surface area contributed by atoms with Crippen LogP contribution in [0.25, 0.3) is 10.4 Å². The number of thiazole rings is 1. The predicted molar refractivity (Wildman–Crippen MR) is 47.6 cm³/mol.